The topological polar surface area (TPSA) is 49.5 Å². The van der Waals surface area contributed by atoms with Gasteiger partial charge in [0.25, 0.3) is 0 Å². The van der Waals surface area contributed by atoms with E-state index in [9.17, 15) is 5.11 Å². The van der Waals surface area contributed by atoms with Gasteiger partial charge in [-0.1, -0.05) is 13.8 Å². The third-order valence-electron chi connectivity index (χ3n) is 9.60. The zero-order valence-corrected chi connectivity index (χ0v) is 16.7. The number of likely N-dealkylation sites (N-methyl/N-ethyl adjacent to an activating group) is 1. The van der Waals surface area contributed by atoms with Crippen LogP contribution in [0.1, 0.15) is 71.6 Å². The van der Waals surface area contributed by atoms with E-state index in [4.69, 9.17) is 5.73 Å². The Kier molecular flexibility index (Phi) is 4.74. The summed E-state index contributed by atoms with van der Waals surface area (Å²) >= 11 is 0. The van der Waals surface area contributed by atoms with Gasteiger partial charge in [-0.3, -0.25) is 0 Å². The van der Waals surface area contributed by atoms with Crippen LogP contribution in [0.25, 0.3) is 0 Å². The minimum Gasteiger partial charge on any atom is -0.393 e. The van der Waals surface area contributed by atoms with E-state index in [0.29, 0.717) is 10.8 Å². The molecule has 0 saturated heterocycles. The molecule has 3 heteroatoms. The molecule has 3 nitrogen and oxygen atoms in total. The second-order valence-corrected chi connectivity index (χ2v) is 10.5. The summed E-state index contributed by atoms with van der Waals surface area (Å²) in [6.07, 6.45) is 11.8. The predicted octanol–water partition coefficient (Wildman–Crippen LogP) is 3.65. The molecule has 25 heavy (non-hydrogen) atoms. The number of fused-ring (bicyclic) bond motifs is 5. The Morgan fingerprint density at radius 2 is 1.68 bits per heavy atom. The predicted molar refractivity (Wildman–Crippen MR) is 103 cm³/mol. The van der Waals surface area contributed by atoms with Gasteiger partial charge in [-0.15, -0.1) is 0 Å². The fourth-order valence-electron chi connectivity index (χ4n) is 8.29. The van der Waals surface area contributed by atoms with Gasteiger partial charge in [0.1, 0.15) is 0 Å². The van der Waals surface area contributed by atoms with Crippen LogP contribution in [0.2, 0.25) is 0 Å². The molecule has 0 radical (unpaired) electrons. The van der Waals surface area contributed by atoms with E-state index >= 15 is 0 Å². The van der Waals surface area contributed by atoms with Gasteiger partial charge < -0.3 is 15.7 Å². The van der Waals surface area contributed by atoms with Gasteiger partial charge in [-0.25, -0.2) is 0 Å². The maximum absolute atomic E-state index is 10.2. The number of aliphatic hydroxyl groups excluding tert-OH is 1. The smallest absolute Gasteiger partial charge is 0.0543 e. The van der Waals surface area contributed by atoms with Crippen molar-refractivity contribution in [2.24, 2.45) is 40.2 Å². The van der Waals surface area contributed by atoms with Crippen molar-refractivity contribution in [3.8, 4) is 0 Å². The first-order chi connectivity index (χ1) is 11.9. The zero-order valence-electron chi connectivity index (χ0n) is 16.7. The summed E-state index contributed by atoms with van der Waals surface area (Å²) in [7, 11) is 2.30. The lowest BCUT2D eigenvalue weighted by molar-refractivity contribution is -0.128. The average molecular weight is 349 g/mol. The van der Waals surface area contributed by atoms with Gasteiger partial charge in [0.2, 0.25) is 0 Å². The molecule has 0 aromatic rings. The van der Waals surface area contributed by atoms with E-state index in [2.05, 4.69) is 25.8 Å². The van der Waals surface area contributed by atoms with Crippen molar-refractivity contribution in [1.82, 2.24) is 4.90 Å². The van der Waals surface area contributed by atoms with Crippen LogP contribution in [0.3, 0.4) is 0 Å². The van der Waals surface area contributed by atoms with Crippen LogP contribution in [-0.2, 0) is 0 Å². The van der Waals surface area contributed by atoms with Gasteiger partial charge in [0.15, 0.2) is 0 Å². The highest BCUT2D eigenvalue weighted by molar-refractivity contribution is 5.11. The fourth-order valence-corrected chi connectivity index (χ4v) is 8.29. The monoisotopic (exact) mass is 348 g/mol. The summed E-state index contributed by atoms with van der Waals surface area (Å²) in [5, 5.41) is 10.2. The molecule has 4 aliphatic rings. The lowest BCUT2D eigenvalue weighted by atomic mass is 9.45. The fraction of sp³-hybridized carbons (Fsp3) is 1.00. The maximum atomic E-state index is 10.2. The Balaban J connectivity index is 1.56. The minimum absolute atomic E-state index is 0.0238. The second kappa shape index (κ2) is 6.49. The van der Waals surface area contributed by atoms with Gasteiger partial charge in [-0.05, 0) is 99.3 Å². The molecule has 8 atom stereocenters. The number of nitrogens with two attached hydrogens (primary N) is 1. The summed E-state index contributed by atoms with van der Waals surface area (Å²) in [5.41, 5.74) is 6.86. The molecule has 0 aromatic heterocycles. The van der Waals surface area contributed by atoms with Crippen molar-refractivity contribution in [3.05, 3.63) is 0 Å². The first kappa shape index (κ1) is 18.3. The van der Waals surface area contributed by atoms with Gasteiger partial charge >= 0.3 is 0 Å². The lowest BCUT2D eigenvalue weighted by Crippen LogP contribution is -2.56. The molecule has 0 amide bonds. The summed E-state index contributed by atoms with van der Waals surface area (Å²) in [6, 6.07) is 0.737. The van der Waals surface area contributed by atoms with Crippen LogP contribution >= 0.6 is 0 Å². The number of nitrogens with zero attached hydrogens (tertiary/aromatic N) is 1. The van der Waals surface area contributed by atoms with E-state index in [0.717, 1.165) is 55.6 Å². The zero-order chi connectivity index (χ0) is 17.8. The van der Waals surface area contributed by atoms with E-state index in [1.807, 2.05) is 0 Å². The molecule has 0 aromatic carbocycles. The summed E-state index contributed by atoms with van der Waals surface area (Å²) < 4.78 is 0. The van der Waals surface area contributed by atoms with Crippen LogP contribution in [0.5, 0.6) is 0 Å². The molecule has 4 fully saturated rings. The van der Waals surface area contributed by atoms with Crippen molar-refractivity contribution >= 4 is 0 Å². The van der Waals surface area contributed by atoms with Gasteiger partial charge in [-0.2, -0.15) is 0 Å². The molecule has 3 N–H and O–H groups in total. The first-order valence-corrected chi connectivity index (χ1v) is 11.0. The number of hydrogen-bond donors (Lipinski definition) is 2. The summed E-state index contributed by atoms with van der Waals surface area (Å²) in [6.45, 7) is 7.02. The molecule has 0 bridgehead atoms. The van der Waals surface area contributed by atoms with Crippen LogP contribution in [-0.4, -0.2) is 42.3 Å². The van der Waals surface area contributed by atoms with Crippen molar-refractivity contribution in [1.29, 1.82) is 0 Å². The highest BCUT2D eigenvalue weighted by atomic mass is 16.3. The Morgan fingerprint density at radius 1 is 0.960 bits per heavy atom. The number of hydrogen-bond acceptors (Lipinski definition) is 3. The van der Waals surface area contributed by atoms with Crippen molar-refractivity contribution < 1.29 is 5.11 Å². The maximum Gasteiger partial charge on any atom is 0.0543 e. The third-order valence-corrected chi connectivity index (χ3v) is 9.60. The number of rotatable bonds is 3. The van der Waals surface area contributed by atoms with Crippen LogP contribution < -0.4 is 5.73 Å². The Morgan fingerprint density at radius 3 is 2.44 bits per heavy atom. The van der Waals surface area contributed by atoms with E-state index in [1.165, 1.54) is 44.9 Å². The minimum atomic E-state index is -0.0238. The number of aliphatic hydroxyl groups is 1. The quantitative estimate of drug-likeness (QED) is 0.818. The molecule has 144 valence electrons. The SMILES string of the molecule is CN(CCN)[C@@H]1CC[C@@H]2[C@H]3CC[C@@H]4C[C@H](O)CC[C@@]4(C)[C@H]3CC[C@@]21C. The molecule has 0 unspecified atom stereocenters. The van der Waals surface area contributed by atoms with Crippen LogP contribution in [0.15, 0.2) is 0 Å². The Labute approximate surface area is 154 Å². The van der Waals surface area contributed by atoms with E-state index in [-0.39, 0.29) is 6.10 Å². The molecule has 0 heterocycles. The standard InChI is InChI=1S/C22H40N2O/c1-21-10-8-16(25)14-15(21)4-5-17-18-6-7-20(24(3)13-12-23)22(18,2)11-9-19(17)21/h15-20,25H,4-14,23H2,1-3H3/t15-,16-,17-,18-,19+,20-,21-,22+/m1/s1. The molecule has 4 saturated carbocycles. The van der Waals surface area contributed by atoms with E-state index < -0.39 is 0 Å². The molecule has 4 aliphatic carbocycles. The van der Waals surface area contributed by atoms with Crippen molar-refractivity contribution in [2.45, 2.75) is 83.8 Å². The Hall–Kier alpha value is -0.120. The summed E-state index contributed by atoms with van der Waals surface area (Å²) in [5.74, 6) is 3.54. The van der Waals surface area contributed by atoms with Gasteiger partial charge in [0.05, 0.1) is 6.10 Å². The molecule has 0 aliphatic heterocycles. The second-order valence-electron chi connectivity index (χ2n) is 10.5. The Bertz CT molecular complexity index is 496. The molecule has 4 rings (SSSR count). The normalized spacial score (nSPS) is 52.6. The highest BCUT2D eigenvalue weighted by Crippen LogP contribution is 2.66. The van der Waals surface area contributed by atoms with E-state index in [1.54, 1.807) is 0 Å². The largest absolute Gasteiger partial charge is 0.393 e. The van der Waals surface area contributed by atoms with Crippen molar-refractivity contribution in [2.75, 3.05) is 20.1 Å². The summed E-state index contributed by atoms with van der Waals surface area (Å²) in [4.78, 5) is 2.57. The molecular formula is C22H40N2O. The van der Waals surface area contributed by atoms with Gasteiger partial charge in [0, 0.05) is 19.1 Å². The molecule has 0 spiro atoms. The molecular weight excluding hydrogens is 308 g/mol. The van der Waals surface area contributed by atoms with Crippen LogP contribution in [0.4, 0.5) is 0 Å². The third kappa shape index (κ3) is 2.72. The highest BCUT2D eigenvalue weighted by Gasteiger charge is 2.60. The van der Waals surface area contributed by atoms with Crippen molar-refractivity contribution in [3.63, 3.8) is 0 Å². The van der Waals surface area contributed by atoms with Crippen LogP contribution in [0, 0.1) is 34.5 Å². The average Bonchev–Trinajstić information content (AvgIpc) is 2.93. The first-order valence-electron chi connectivity index (χ1n) is 11.0. The lowest BCUT2D eigenvalue weighted by Gasteiger charge is -2.61.